The number of allylic oxidation sites excluding steroid dienone is 2. The van der Waals surface area contributed by atoms with Gasteiger partial charge in [0.2, 0.25) is 5.78 Å². The van der Waals surface area contributed by atoms with E-state index in [-0.39, 0.29) is 17.1 Å². The number of carbonyl (C=O) groups excluding carboxylic acids is 1. The number of carbonyl (C=O) groups is 1. The maximum absolute atomic E-state index is 12.9. The average Bonchev–Trinajstić information content (AvgIpc) is 2.67. The van der Waals surface area contributed by atoms with Crippen molar-refractivity contribution in [1.82, 2.24) is 0 Å². The van der Waals surface area contributed by atoms with Crippen molar-refractivity contribution in [3.63, 3.8) is 0 Å². The van der Waals surface area contributed by atoms with E-state index in [4.69, 9.17) is 4.74 Å². The van der Waals surface area contributed by atoms with E-state index in [9.17, 15) is 4.79 Å². The van der Waals surface area contributed by atoms with Crippen LogP contribution in [0.5, 0.6) is 0 Å². The highest BCUT2D eigenvalue weighted by molar-refractivity contribution is 6.03. The lowest BCUT2D eigenvalue weighted by Gasteiger charge is -2.40. The normalized spacial score (nSPS) is 33.2. The lowest BCUT2D eigenvalue weighted by molar-refractivity contribution is -0.120. The zero-order valence-electron chi connectivity index (χ0n) is 12.5. The van der Waals surface area contributed by atoms with Crippen LogP contribution in [0.25, 0.3) is 0 Å². The molecule has 0 aromatic heterocycles. The number of methoxy groups -OCH3 is 1. The lowest BCUT2D eigenvalue weighted by atomic mass is 9.62. The minimum absolute atomic E-state index is 0.0680. The monoisotopic (exact) mass is 270 g/mol. The largest absolute Gasteiger partial charge is 0.493 e. The van der Waals surface area contributed by atoms with Gasteiger partial charge >= 0.3 is 0 Å². The van der Waals surface area contributed by atoms with E-state index in [2.05, 4.69) is 26.0 Å². The summed E-state index contributed by atoms with van der Waals surface area (Å²) in [5.74, 6) is 1.18. The molecule has 1 aromatic carbocycles. The van der Waals surface area contributed by atoms with Crippen molar-refractivity contribution in [2.75, 3.05) is 7.11 Å². The molecule has 0 unspecified atom stereocenters. The molecular weight excluding hydrogens is 248 g/mol. The van der Waals surface area contributed by atoms with Gasteiger partial charge in [-0.15, -0.1) is 0 Å². The van der Waals surface area contributed by atoms with Crippen LogP contribution in [0.3, 0.4) is 0 Å². The van der Waals surface area contributed by atoms with E-state index < -0.39 is 0 Å². The molecule has 3 rings (SSSR count). The summed E-state index contributed by atoms with van der Waals surface area (Å²) in [4.78, 5) is 12.9. The highest BCUT2D eigenvalue weighted by Gasteiger charge is 2.54. The Kier molecular flexibility index (Phi) is 3.19. The highest BCUT2D eigenvalue weighted by Crippen LogP contribution is 2.58. The molecule has 1 saturated carbocycles. The van der Waals surface area contributed by atoms with Gasteiger partial charge in [0.25, 0.3) is 0 Å². The van der Waals surface area contributed by atoms with E-state index in [0.717, 1.165) is 18.4 Å². The van der Waals surface area contributed by atoms with Crippen molar-refractivity contribution >= 4 is 5.78 Å². The average molecular weight is 270 g/mol. The molecule has 106 valence electrons. The van der Waals surface area contributed by atoms with Gasteiger partial charge < -0.3 is 4.74 Å². The number of fused-ring (bicyclic) bond motifs is 1. The van der Waals surface area contributed by atoms with Gasteiger partial charge in [-0.2, -0.15) is 0 Å². The number of ether oxygens (including phenoxy) is 1. The summed E-state index contributed by atoms with van der Waals surface area (Å²) in [7, 11) is 1.63. The molecule has 20 heavy (non-hydrogen) atoms. The van der Waals surface area contributed by atoms with Crippen molar-refractivity contribution in [3.05, 3.63) is 47.2 Å². The second-order valence-electron chi connectivity index (χ2n) is 6.37. The molecule has 0 spiro atoms. The molecule has 2 nitrogen and oxygen atoms in total. The Morgan fingerprint density at radius 1 is 1.25 bits per heavy atom. The Hall–Kier alpha value is -1.57. The predicted octanol–water partition coefficient (Wildman–Crippen LogP) is 4.08. The molecule has 0 amide bonds. The molecule has 1 aromatic rings. The van der Waals surface area contributed by atoms with E-state index in [0.29, 0.717) is 11.7 Å². The maximum atomic E-state index is 12.9. The van der Waals surface area contributed by atoms with Gasteiger partial charge in [-0.3, -0.25) is 4.79 Å². The van der Waals surface area contributed by atoms with Crippen LogP contribution in [-0.4, -0.2) is 12.9 Å². The van der Waals surface area contributed by atoms with Crippen LogP contribution in [0.1, 0.15) is 44.6 Å². The highest BCUT2D eigenvalue weighted by atomic mass is 16.5. The first-order valence-electron chi connectivity index (χ1n) is 7.47. The molecule has 0 heterocycles. The van der Waals surface area contributed by atoms with Crippen LogP contribution < -0.4 is 0 Å². The zero-order chi connectivity index (χ0) is 14.3. The Balaban J connectivity index is 2.14. The summed E-state index contributed by atoms with van der Waals surface area (Å²) in [5, 5.41) is 0. The van der Waals surface area contributed by atoms with E-state index in [1.54, 1.807) is 7.11 Å². The smallest absolute Gasteiger partial charge is 0.205 e. The molecular formula is C18H22O2. The second kappa shape index (κ2) is 4.76. The van der Waals surface area contributed by atoms with E-state index in [1.807, 2.05) is 18.2 Å². The first-order chi connectivity index (χ1) is 9.59. The molecule has 0 aliphatic heterocycles. The molecule has 2 heteroatoms. The zero-order valence-corrected chi connectivity index (χ0v) is 12.5. The number of hydrogen-bond donors (Lipinski definition) is 0. The van der Waals surface area contributed by atoms with Crippen molar-refractivity contribution in [2.45, 2.75) is 39.0 Å². The fraction of sp³-hybridized carbons (Fsp3) is 0.500. The number of hydrogen-bond acceptors (Lipinski definition) is 2. The van der Waals surface area contributed by atoms with Crippen molar-refractivity contribution < 1.29 is 9.53 Å². The number of Topliss-reactive ketones (excluding diaryl/α,β-unsaturated/α-hetero) is 1. The molecule has 0 bridgehead atoms. The van der Waals surface area contributed by atoms with Crippen molar-refractivity contribution in [2.24, 2.45) is 11.3 Å². The summed E-state index contributed by atoms with van der Waals surface area (Å²) in [6.45, 7) is 4.48. The van der Waals surface area contributed by atoms with Crippen LogP contribution >= 0.6 is 0 Å². The van der Waals surface area contributed by atoms with Gasteiger partial charge in [0.15, 0.2) is 5.76 Å². The Morgan fingerprint density at radius 3 is 2.60 bits per heavy atom. The summed E-state index contributed by atoms with van der Waals surface area (Å²) >= 11 is 0. The Labute approximate surface area is 120 Å². The fourth-order valence-electron chi connectivity index (χ4n) is 4.33. The standard InChI is InChI=1S/C18H22O2/c1-12-8-7-11-18(2)14(12)17(20-3)16(19)15(18)13-9-5-4-6-10-13/h4-6,9-10,12,15H,7-8,11H2,1-3H3/t12-,15+,18-/m1/s1. The molecule has 0 saturated heterocycles. The quantitative estimate of drug-likeness (QED) is 0.809. The Bertz CT molecular complexity index is 558. The number of ketones is 1. The third kappa shape index (κ3) is 1.74. The molecule has 1 fully saturated rings. The van der Waals surface area contributed by atoms with Crippen molar-refractivity contribution in [3.8, 4) is 0 Å². The third-order valence-electron chi connectivity index (χ3n) is 5.15. The van der Waals surface area contributed by atoms with Gasteiger partial charge in [0, 0.05) is 5.41 Å². The predicted molar refractivity (Wildman–Crippen MR) is 79.3 cm³/mol. The summed E-state index contributed by atoms with van der Waals surface area (Å²) in [6, 6.07) is 10.2. The first-order valence-corrected chi connectivity index (χ1v) is 7.47. The number of rotatable bonds is 2. The molecule has 0 radical (unpaired) electrons. The molecule has 2 aliphatic carbocycles. The van der Waals surface area contributed by atoms with E-state index in [1.165, 1.54) is 12.0 Å². The van der Waals surface area contributed by atoms with E-state index >= 15 is 0 Å². The second-order valence-corrected chi connectivity index (χ2v) is 6.37. The molecule has 0 N–H and O–H groups in total. The summed E-state index contributed by atoms with van der Waals surface area (Å²) in [6.07, 6.45) is 3.42. The van der Waals surface area contributed by atoms with Crippen LogP contribution in [0.2, 0.25) is 0 Å². The van der Waals surface area contributed by atoms with Gasteiger partial charge in [0.1, 0.15) is 0 Å². The Morgan fingerprint density at radius 2 is 1.95 bits per heavy atom. The lowest BCUT2D eigenvalue weighted by Crippen LogP contribution is -2.32. The van der Waals surface area contributed by atoms with Gasteiger partial charge in [-0.25, -0.2) is 0 Å². The fourth-order valence-corrected chi connectivity index (χ4v) is 4.33. The van der Waals surface area contributed by atoms with Crippen LogP contribution in [-0.2, 0) is 9.53 Å². The van der Waals surface area contributed by atoms with Gasteiger partial charge in [0.05, 0.1) is 13.0 Å². The summed E-state index contributed by atoms with van der Waals surface area (Å²) in [5.41, 5.74) is 2.31. The minimum Gasteiger partial charge on any atom is -0.493 e. The van der Waals surface area contributed by atoms with Crippen molar-refractivity contribution in [1.29, 1.82) is 0 Å². The van der Waals surface area contributed by atoms with Crippen LogP contribution in [0, 0.1) is 11.3 Å². The third-order valence-corrected chi connectivity index (χ3v) is 5.15. The number of benzene rings is 1. The van der Waals surface area contributed by atoms with Crippen LogP contribution in [0.15, 0.2) is 41.7 Å². The SMILES string of the molecule is COC1=C2[C@H](C)CCC[C@@]2(C)[C@@H](c2ccccc2)C1=O. The minimum atomic E-state index is -0.0728. The topological polar surface area (TPSA) is 26.3 Å². The van der Waals surface area contributed by atoms with Gasteiger partial charge in [-0.05, 0) is 29.9 Å². The van der Waals surface area contributed by atoms with Gasteiger partial charge in [-0.1, -0.05) is 50.6 Å². The first kappa shape index (κ1) is 13.4. The van der Waals surface area contributed by atoms with Crippen LogP contribution in [0.4, 0.5) is 0 Å². The molecule has 3 atom stereocenters. The molecule has 2 aliphatic rings. The maximum Gasteiger partial charge on any atom is 0.205 e. The summed E-state index contributed by atoms with van der Waals surface area (Å²) < 4.78 is 5.51.